The van der Waals surface area contributed by atoms with Crippen molar-refractivity contribution >= 4 is 16.5 Å². The molecule has 0 aromatic carbocycles. The minimum Gasteiger partial charge on any atom is -0.351 e. The number of nitrogens with zero attached hydrogens (tertiary/aromatic N) is 2. The molecule has 7 heteroatoms. The third-order valence-corrected chi connectivity index (χ3v) is 4.89. The van der Waals surface area contributed by atoms with Gasteiger partial charge in [0.05, 0.1) is 18.2 Å². The summed E-state index contributed by atoms with van der Waals surface area (Å²) in [5.74, 6) is 0. The Balaban J connectivity index is 2.04. The Hall–Kier alpha value is -0.820. The van der Waals surface area contributed by atoms with Crippen LogP contribution in [0.2, 0.25) is 0 Å². The van der Waals surface area contributed by atoms with E-state index in [1.54, 1.807) is 11.9 Å². The van der Waals surface area contributed by atoms with Crippen LogP contribution in [0.4, 0.5) is 18.3 Å². The Morgan fingerprint density at radius 3 is 2.86 bits per heavy atom. The summed E-state index contributed by atoms with van der Waals surface area (Å²) in [4.78, 5) is 7.44. The van der Waals surface area contributed by atoms with Gasteiger partial charge in [0.2, 0.25) is 0 Å². The van der Waals surface area contributed by atoms with Gasteiger partial charge >= 0.3 is 6.18 Å². The highest BCUT2D eigenvalue weighted by molar-refractivity contribution is 7.15. The molecule has 2 rings (SSSR count). The number of aryl methyl sites for hydroxylation is 1. The van der Waals surface area contributed by atoms with Crippen molar-refractivity contribution in [3.05, 3.63) is 10.6 Å². The molecule has 1 heterocycles. The lowest BCUT2D eigenvalue weighted by Gasteiger charge is -2.22. The fraction of sp³-hybridized carbons (Fsp3) is 0.786. The molecule has 1 aliphatic rings. The number of nitrogens with one attached hydrogen (secondary N) is 1. The van der Waals surface area contributed by atoms with E-state index in [0.717, 1.165) is 37.9 Å². The first kappa shape index (κ1) is 16.5. The van der Waals surface area contributed by atoms with E-state index in [-0.39, 0.29) is 12.6 Å². The highest BCUT2D eigenvalue weighted by atomic mass is 32.1. The highest BCUT2D eigenvalue weighted by Crippen LogP contribution is 2.36. The molecule has 1 atom stereocenters. The molecule has 0 spiro atoms. The molecule has 0 amide bonds. The van der Waals surface area contributed by atoms with Gasteiger partial charge in [0.1, 0.15) is 0 Å². The van der Waals surface area contributed by atoms with Crippen LogP contribution in [-0.2, 0) is 6.42 Å². The maximum Gasteiger partial charge on any atom is 0.390 e. The summed E-state index contributed by atoms with van der Waals surface area (Å²) in [6.07, 6.45) is -0.689. The topological polar surface area (TPSA) is 28.2 Å². The minimum absolute atomic E-state index is 0.0387. The van der Waals surface area contributed by atoms with Crippen LogP contribution in [0.3, 0.4) is 0 Å². The number of rotatable bonds is 6. The van der Waals surface area contributed by atoms with Gasteiger partial charge in [0, 0.05) is 18.5 Å². The van der Waals surface area contributed by atoms with Crippen molar-refractivity contribution in [1.82, 2.24) is 10.3 Å². The Labute approximate surface area is 127 Å². The van der Waals surface area contributed by atoms with Crippen LogP contribution in [0.15, 0.2) is 0 Å². The Morgan fingerprint density at radius 2 is 2.19 bits per heavy atom. The summed E-state index contributed by atoms with van der Waals surface area (Å²) in [5, 5.41) is 4.18. The summed E-state index contributed by atoms with van der Waals surface area (Å²) < 4.78 is 36.9. The zero-order valence-corrected chi connectivity index (χ0v) is 13.3. The predicted molar refractivity (Wildman–Crippen MR) is 80.0 cm³/mol. The molecule has 0 saturated carbocycles. The van der Waals surface area contributed by atoms with E-state index < -0.39 is 12.6 Å². The molecular weight excluding hydrogens is 299 g/mol. The molecule has 1 aromatic rings. The fourth-order valence-corrected chi connectivity index (χ4v) is 3.63. The van der Waals surface area contributed by atoms with Crippen LogP contribution in [0.25, 0.3) is 0 Å². The molecule has 1 N–H and O–H groups in total. The van der Waals surface area contributed by atoms with Gasteiger partial charge in [-0.3, -0.25) is 0 Å². The Bertz CT molecular complexity index is 459. The number of hydrogen-bond donors (Lipinski definition) is 1. The van der Waals surface area contributed by atoms with Crippen LogP contribution in [0.5, 0.6) is 0 Å². The third kappa shape index (κ3) is 4.57. The molecule has 1 unspecified atom stereocenters. The molecule has 1 aromatic heterocycles. The van der Waals surface area contributed by atoms with Gasteiger partial charge in [-0.05, 0) is 32.2 Å². The van der Waals surface area contributed by atoms with Gasteiger partial charge in [-0.15, -0.1) is 11.3 Å². The molecule has 120 valence electrons. The van der Waals surface area contributed by atoms with Crippen LogP contribution in [0, 0.1) is 0 Å². The second kappa shape index (κ2) is 6.96. The van der Waals surface area contributed by atoms with E-state index >= 15 is 0 Å². The average molecular weight is 321 g/mol. The molecule has 0 fully saturated rings. The third-order valence-electron chi connectivity index (χ3n) is 3.64. The molecule has 21 heavy (non-hydrogen) atoms. The molecule has 0 radical (unpaired) electrons. The van der Waals surface area contributed by atoms with Crippen molar-refractivity contribution < 1.29 is 13.2 Å². The first-order chi connectivity index (χ1) is 9.90. The summed E-state index contributed by atoms with van der Waals surface area (Å²) in [5.41, 5.74) is 1.05. The van der Waals surface area contributed by atoms with Crippen LogP contribution in [-0.4, -0.2) is 31.3 Å². The van der Waals surface area contributed by atoms with E-state index in [1.807, 2.05) is 0 Å². The average Bonchev–Trinajstić information content (AvgIpc) is 2.86. The smallest absolute Gasteiger partial charge is 0.351 e. The van der Waals surface area contributed by atoms with Crippen LogP contribution >= 0.6 is 11.3 Å². The van der Waals surface area contributed by atoms with Crippen LogP contribution in [0.1, 0.15) is 49.2 Å². The van der Waals surface area contributed by atoms with Crippen molar-refractivity contribution in [1.29, 1.82) is 0 Å². The molecule has 1 aliphatic carbocycles. The van der Waals surface area contributed by atoms with Gasteiger partial charge in [-0.2, -0.15) is 13.2 Å². The summed E-state index contributed by atoms with van der Waals surface area (Å²) in [7, 11) is 1.69. The van der Waals surface area contributed by atoms with E-state index in [1.165, 1.54) is 16.2 Å². The quantitative estimate of drug-likeness (QED) is 0.861. The van der Waals surface area contributed by atoms with E-state index in [0.29, 0.717) is 5.13 Å². The number of aromatic nitrogens is 1. The first-order valence-electron chi connectivity index (χ1n) is 7.41. The first-order valence-corrected chi connectivity index (χ1v) is 8.23. The normalized spacial score (nSPS) is 18.6. The predicted octanol–water partition coefficient (Wildman–Crippen LogP) is 3.91. The van der Waals surface area contributed by atoms with Crippen molar-refractivity contribution in [3.8, 4) is 0 Å². The maximum absolute atomic E-state index is 12.3. The standard InChI is InChI=1S/C14H22F3N3S/c1-3-8-18-10-5-4-6-11-12(10)19-13(21-11)20(2)9-7-14(15,16)17/h10,18H,3-9H2,1-2H3. The second-order valence-electron chi connectivity index (χ2n) is 5.49. The Kier molecular flexibility index (Phi) is 5.48. The number of thiazole rings is 1. The molecular formula is C14H22F3N3S. The Morgan fingerprint density at radius 1 is 1.43 bits per heavy atom. The SMILES string of the molecule is CCCNC1CCCc2sc(N(C)CCC(F)(F)F)nc21. The summed E-state index contributed by atoms with van der Waals surface area (Å²) in [6.45, 7) is 3.03. The fourth-order valence-electron chi connectivity index (χ4n) is 2.48. The molecule has 3 nitrogen and oxygen atoms in total. The van der Waals surface area contributed by atoms with E-state index in [4.69, 9.17) is 0 Å². The van der Waals surface area contributed by atoms with Crippen LogP contribution < -0.4 is 10.2 Å². The lowest BCUT2D eigenvalue weighted by Crippen LogP contribution is -2.26. The number of halogens is 3. The lowest BCUT2D eigenvalue weighted by atomic mass is 9.97. The molecule has 0 saturated heterocycles. The largest absolute Gasteiger partial charge is 0.390 e. The number of fused-ring (bicyclic) bond motifs is 1. The number of anilines is 1. The van der Waals surface area contributed by atoms with Gasteiger partial charge in [-0.1, -0.05) is 6.92 Å². The zero-order valence-electron chi connectivity index (χ0n) is 12.5. The van der Waals surface area contributed by atoms with Crippen molar-refractivity contribution in [3.63, 3.8) is 0 Å². The highest BCUT2D eigenvalue weighted by Gasteiger charge is 2.29. The second-order valence-corrected chi connectivity index (χ2v) is 6.55. The summed E-state index contributed by atoms with van der Waals surface area (Å²) >= 11 is 1.54. The maximum atomic E-state index is 12.3. The van der Waals surface area contributed by atoms with Gasteiger partial charge in [0.15, 0.2) is 5.13 Å². The van der Waals surface area contributed by atoms with Crippen molar-refractivity contribution in [2.75, 3.05) is 25.0 Å². The van der Waals surface area contributed by atoms with E-state index in [2.05, 4.69) is 17.2 Å². The number of hydrogen-bond acceptors (Lipinski definition) is 4. The van der Waals surface area contributed by atoms with Gasteiger partial charge < -0.3 is 10.2 Å². The lowest BCUT2D eigenvalue weighted by molar-refractivity contribution is -0.132. The van der Waals surface area contributed by atoms with Crippen molar-refractivity contribution in [2.24, 2.45) is 0 Å². The monoisotopic (exact) mass is 321 g/mol. The number of alkyl halides is 3. The molecule has 0 bridgehead atoms. The van der Waals surface area contributed by atoms with Gasteiger partial charge in [0.25, 0.3) is 0 Å². The zero-order chi connectivity index (χ0) is 15.5. The summed E-state index contributed by atoms with van der Waals surface area (Å²) in [6, 6.07) is 0.259. The van der Waals surface area contributed by atoms with Crippen molar-refractivity contribution in [2.45, 2.75) is 51.2 Å². The molecule has 0 aliphatic heterocycles. The van der Waals surface area contributed by atoms with Gasteiger partial charge in [-0.25, -0.2) is 4.98 Å². The minimum atomic E-state index is -4.11. The van der Waals surface area contributed by atoms with E-state index in [9.17, 15) is 13.2 Å².